The number of hydrogen-bond acceptors (Lipinski definition) is 3. The van der Waals surface area contributed by atoms with E-state index in [1.54, 1.807) is 18.2 Å². The summed E-state index contributed by atoms with van der Waals surface area (Å²) in [7, 11) is -3.50. The third kappa shape index (κ3) is 4.63. The highest BCUT2D eigenvalue weighted by Crippen LogP contribution is 2.19. The van der Waals surface area contributed by atoms with Crippen molar-refractivity contribution in [2.45, 2.75) is 18.2 Å². The van der Waals surface area contributed by atoms with Crippen molar-refractivity contribution in [3.8, 4) is 0 Å². The Labute approximate surface area is 107 Å². The molecule has 17 heavy (non-hydrogen) atoms. The van der Waals surface area contributed by atoms with Crippen LogP contribution in [0, 0.1) is 0 Å². The lowest BCUT2D eigenvalue weighted by molar-refractivity contribution is 0.575. The summed E-state index contributed by atoms with van der Waals surface area (Å²) in [4.78, 5) is 0.122. The number of rotatable bonds is 7. The quantitative estimate of drug-likeness (QED) is 0.744. The van der Waals surface area contributed by atoms with E-state index in [0.717, 1.165) is 13.0 Å². The minimum Gasteiger partial charge on any atom is -0.315 e. The molecule has 0 aliphatic rings. The SMILES string of the molecule is CCCNCCNS(=O)(=O)c1ccccc1Cl. The molecule has 0 radical (unpaired) electrons. The van der Waals surface area contributed by atoms with E-state index in [4.69, 9.17) is 11.6 Å². The van der Waals surface area contributed by atoms with Crippen LogP contribution in [0.25, 0.3) is 0 Å². The van der Waals surface area contributed by atoms with E-state index in [9.17, 15) is 8.42 Å². The number of nitrogens with one attached hydrogen (secondary N) is 2. The van der Waals surface area contributed by atoms with Gasteiger partial charge in [-0.15, -0.1) is 0 Å². The molecule has 4 nitrogen and oxygen atoms in total. The van der Waals surface area contributed by atoms with Gasteiger partial charge in [0, 0.05) is 13.1 Å². The van der Waals surface area contributed by atoms with Crippen molar-refractivity contribution >= 4 is 21.6 Å². The molecule has 0 aliphatic carbocycles. The van der Waals surface area contributed by atoms with E-state index in [1.807, 2.05) is 0 Å². The van der Waals surface area contributed by atoms with Crippen LogP contribution in [0.15, 0.2) is 29.2 Å². The summed E-state index contributed by atoms with van der Waals surface area (Å²) in [6.07, 6.45) is 1.03. The molecule has 0 saturated carbocycles. The van der Waals surface area contributed by atoms with Crippen LogP contribution in [0.5, 0.6) is 0 Å². The Morgan fingerprint density at radius 3 is 2.53 bits per heavy atom. The zero-order chi connectivity index (χ0) is 12.7. The highest BCUT2D eigenvalue weighted by Gasteiger charge is 2.15. The second kappa shape index (κ2) is 6.96. The van der Waals surface area contributed by atoms with Gasteiger partial charge in [-0.2, -0.15) is 0 Å². The van der Waals surface area contributed by atoms with E-state index < -0.39 is 10.0 Å². The molecule has 0 aromatic heterocycles. The predicted octanol–water partition coefficient (Wildman–Crippen LogP) is 1.62. The Bertz CT molecular complexity index is 449. The molecule has 0 saturated heterocycles. The lowest BCUT2D eigenvalue weighted by Gasteiger charge is -2.08. The van der Waals surface area contributed by atoms with Gasteiger partial charge in [0.05, 0.1) is 5.02 Å². The summed E-state index contributed by atoms with van der Waals surface area (Å²) in [5.41, 5.74) is 0. The van der Waals surface area contributed by atoms with E-state index >= 15 is 0 Å². The molecule has 0 amide bonds. The van der Waals surface area contributed by atoms with Crippen LogP contribution >= 0.6 is 11.6 Å². The zero-order valence-corrected chi connectivity index (χ0v) is 11.3. The highest BCUT2D eigenvalue weighted by atomic mass is 35.5. The summed E-state index contributed by atoms with van der Waals surface area (Å²) >= 11 is 5.84. The van der Waals surface area contributed by atoms with Gasteiger partial charge in [-0.1, -0.05) is 30.7 Å². The predicted molar refractivity (Wildman–Crippen MR) is 69.8 cm³/mol. The maximum Gasteiger partial charge on any atom is 0.242 e. The molecule has 1 aromatic rings. The van der Waals surface area contributed by atoms with Gasteiger partial charge < -0.3 is 5.32 Å². The largest absolute Gasteiger partial charge is 0.315 e. The maximum absolute atomic E-state index is 11.9. The lowest BCUT2D eigenvalue weighted by atomic mass is 10.4. The fraction of sp³-hybridized carbons (Fsp3) is 0.455. The molecule has 1 aromatic carbocycles. The second-order valence-electron chi connectivity index (χ2n) is 3.58. The molecule has 96 valence electrons. The molecule has 0 spiro atoms. The van der Waals surface area contributed by atoms with Crippen molar-refractivity contribution in [3.63, 3.8) is 0 Å². The zero-order valence-electron chi connectivity index (χ0n) is 9.74. The van der Waals surface area contributed by atoms with Gasteiger partial charge in [-0.25, -0.2) is 13.1 Å². The molecule has 0 unspecified atom stereocenters. The average molecular weight is 277 g/mol. The first-order chi connectivity index (χ1) is 8.08. The van der Waals surface area contributed by atoms with Crippen molar-refractivity contribution in [2.75, 3.05) is 19.6 Å². The molecule has 2 N–H and O–H groups in total. The van der Waals surface area contributed by atoms with E-state index in [1.165, 1.54) is 6.07 Å². The fourth-order valence-corrected chi connectivity index (χ4v) is 2.87. The number of benzene rings is 1. The van der Waals surface area contributed by atoms with Crippen LogP contribution in [-0.2, 0) is 10.0 Å². The molecular weight excluding hydrogens is 260 g/mol. The summed E-state index contributed by atoms with van der Waals surface area (Å²) in [6.45, 7) is 3.90. The Morgan fingerprint density at radius 2 is 1.88 bits per heavy atom. The molecule has 0 aliphatic heterocycles. The molecule has 0 heterocycles. The maximum atomic E-state index is 11.9. The van der Waals surface area contributed by atoms with Gasteiger partial charge in [0.15, 0.2) is 0 Å². The Kier molecular flexibility index (Phi) is 5.91. The van der Waals surface area contributed by atoms with Crippen LogP contribution in [0.1, 0.15) is 13.3 Å². The first-order valence-electron chi connectivity index (χ1n) is 5.53. The van der Waals surface area contributed by atoms with Gasteiger partial charge in [-0.05, 0) is 25.1 Å². The van der Waals surface area contributed by atoms with Gasteiger partial charge in [0.1, 0.15) is 4.90 Å². The molecule has 6 heteroatoms. The first-order valence-corrected chi connectivity index (χ1v) is 7.39. The third-order valence-corrected chi connectivity index (χ3v) is 4.11. The third-order valence-electron chi connectivity index (χ3n) is 2.15. The molecule has 1 rings (SSSR count). The van der Waals surface area contributed by atoms with E-state index in [-0.39, 0.29) is 9.92 Å². The van der Waals surface area contributed by atoms with Crippen LogP contribution in [-0.4, -0.2) is 28.1 Å². The number of sulfonamides is 1. The summed E-state index contributed by atoms with van der Waals surface area (Å²) in [5.74, 6) is 0. The van der Waals surface area contributed by atoms with Crippen LogP contribution in [0.3, 0.4) is 0 Å². The van der Waals surface area contributed by atoms with Crippen molar-refractivity contribution in [2.24, 2.45) is 0 Å². The van der Waals surface area contributed by atoms with Gasteiger partial charge in [-0.3, -0.25) is 0 Å². The van der Waals surface area contributed by atoms with Crippen molar-refractivity contribution in [3.05, 3.63) is 29.3 Å². The van der Waals surface area contributed by atoms with Gasteiger partial charge >= 0.3 is 0 Å². The van der Waals surface area contributed by atoms with Gasteiger partial charge in [0.25, 0.3) is 0 Å². The van der Waals surface area contributed by atoms with Crippen molar-refractivity contribution in [1.82, 2.24) is 10.0 Å². The molecule has 0 atom stereocenters. The molecule has 0 fully saturated rings. The average Bonchev–Trinajstić information content (AvgIpc) is 2.29. The lowest BCUT2D eigenvalue weighted by Crippen LogP contribution is -2.32. The van der Waals surface area contributed by atoms with E-state index in [2.05, 4.69) is 17.0 Å². The Morgan fingerprint density at radius 1 is 1.18 bits per heavy atom. The summed E-state index contributed by atoms with van der Waals surface area (Å²) < 4.78 is 26.2. The standard InChI is InChI=1S/C11H17ClN2O2S/c1-2-7-13-8-9-14-17(15,16)11-6-4-3-5-10(11)12/h3-6,13-14H,2,7-9H2,1H3. The second-order valence-corrected chi connectivity index (χ2v) is 5.72. The Balaban J connectivity index is 2.55. The minimum absolute atomic E-state index is 0.122. The molecular formula is C11H17ClN2O2S. The first kappa shape index (κ1) is 14.4. The van der Waals surface area contributed by atoms with Crippen molar-refractivity contribution in [1.29, 1.82) is 0 Å². The number of hydrogen-bond donors (Lipinski definition) is 2. The van der Waals surface area contributed by atoms with Crippen LogP contribution < -0.4 is 10.0 Å². The summed E-state index contributed by atoms with van der Waals surface area (Å²) in [6, 6.07) is 6.40. The topological polar surface area (TPSA) is 58.2 Å². The fourth-order valence-electron chi connectivity index (χ4n) is 1.32. The van der Waals surface area contributed by atoms with Crippen LogP contribution in [0.2, 0.25) is 5.02 Å². The van der Waals surface area contributed by atoms with Crippen LogP contribution in [0.4, 0.5) is 0 Å². The monoisotopic (exact) mass is 276 g/mol. The normalized spacial score (nSPS) is 11.6. The summed E-state index contributed by atoms with van der Waals surface area (Å²) in [5, 5.41) is 3.35. The molecule has 0 bridgehead atoms. The van der Waals surface area contributed by atoms with Gasteiger partial charge in [0.2, 0.25) is 10.0 Å². The smallest absolute Gasteiger partial charge is 0.242 e. The minimum atomic E-state index is -3.50. The highest BCUT2D eigenvalue weighted by molar-refractivity contribution is 7.89. The van der Waals surface area contributed by atoms with E-state index in [0.29, 0.717) is 13.1 Å². The van der Waals surface area contributed by atoms with Crippen molar-refractivity contribution < 1.29 is 8.42 Å². The number of halogens is 1. The Hall–Kier alpha value is -0.620.